The average molecular weight is 416 g/mol. The van der Waals surface area contributed by atoms with Crippen molar-refractivity contribution in [3.8, 4) is 22.6 Å². The second-order valence-corrected chi connectivity index (χ2v) is 7.23. The van der Waals surface area contributed by atoms with E-state index in [1.807, 2.05) is 54.6 Å². The van der Waals surface area contributed by atoms with Crippen molar-refractivity contribution >= 4 is 23.2 Å². The van der Waals surface area contributed by atoms with E-state index in [-0.39, 0.29) is 18.4 Å². The monoisotopic (exact) mass is 416 g/mol. The van der Waals surface area contributed by atoms with E-state index in [4.69, 9.17) is 9.47 Å². The third kappa shape index (κ3) is 4.69. The predicted molar refractivity (Wildman–Crippen MR) is 121 cm³/mol. The molecule has 4 rings (SSSR count). The van der Waals surface area contributed by atoms with Gasteiger partial charge >= 0.3 is 0 Å². The molecule has 0 aromatic heterocycles. The highest BCUT2D eigenvalue weighted by atomic mass is 16.5. The van der Waals surface area contributed by atoms with Gasteiger partial charge in [0.05, 0.1) is 12.8 Å². The number of nitrogens with zero attached hydrogens (tertiary/aromatic N) is 1. The molecule has 0 unspecified atom stereocenters. The lowest BCUT2D eigenvalue weighted by molar-refractivity contribution is -0.118. The normalized spacial score (nSPS) is 13.2. The minimum absolute atomic E-state index is 0.0839. The number of hydrogen-bond donors (Lipinski definition) is 1. The zero-order chi connectivity index (χ0) is 21.6. The molecule has 6 nitrogen and oxygen atoms in total. The topological polar surface area (TPSA) is 67.9 Å². The first-order chi connectivity index (χ1) is 15.2. The summed E-state index contributed by atoms with van der Waals surface area (Å²) in [5.74, 6) is 0.989. The molecule has 0 aliphatic carbocycles. The Morgan fingerprint density at radius 3 is 2.52 bits per heavy atom. The molecule has 1 fully saturated rings. The van der Waals surface area contributed by atoms with Crippen molar-refractivity contribution in [2.75, 3.05) is 30.5 Å². The molecule has 1 N–H and O–H groups in total. The van der Waals surface area contributed by atoms with E-state index < -0.39 is 0 Å². The first-order valence-corrected chi connectivity index (χ1v) is 10.2. The second kappa shape index (κ2) is 9.34. The smallest absolute Gasteiger partial charge is 0.262 e. The van der Waals surface area contributed by atoms with Crippen LogP contribution in [0.3, 0.4) is 0 Å². The van der Waals surface area contributed by atoms with Crippen LogP contribution < -0.4 is 19.7 Å². The van der Waals surface area contributed by atoms with E-state index in [0.717, 1.165) is 23.2 Å². The maximum Gasteiger partial charge on any atom is 0.262 e. The minimum Gasteiger partial charge on any atom is -0.494 e. The molecule has 0 spiro atoms. The van der Waals surface area contributed by atoms with Gasteiger partial charge in [0, 0.05) is 30.3 Å². The van der Waals surface area contributed by atoms with Gasteiger partial charge in [0.1, 0.15) is 11.5 Å². The number of carbonyl (C=O) groups is 2. The summed E-state index contributed by atoms with van der Waals surface area (Å²) in [4.78, 5) is 26.2. The van der Waals surface area contributed by atoms with E-state index in [1.54, 1.807) is 30.2 Å². The third-order valence-corrected chi connectivity index (χ3v) is 5.16. The molecular formula is C25H24N2O4. The van der Waals surface area contributed by atoms with Crippen LogP contribution in [0.4, 0.5) is 11.4 Å². The van der Waals surface area contributed by atoms with Gasteiger partial charge in [0.2, 0.25) is 5.91 Å². The summed E-state index contributed by atoms with van der Waals surface area (Å²) >= 11 is 0. The lowest BCUT2D eigenvalue weighted by Crippen LogP contribution is -2.24. The van der Waals surface area contributed by atoms with Crippen LogP contribution in [0.15, 0.2) is 72.8 Å². The number of benzene rings is 3. The van der Waals surface area contributed by atoms with Crippen LogP contribution in [0, 0.1) is 0 Å². The lowest BCUT2D eigenvalue weighted by Gasteiger charge is -2.19. The van der Waals surface area contributed by atoms with E-state index in [9.17, 15) is 9.59 Å². The molecule has 2 amide bonds. The maximum absolute atomic E-state index is 12.5. The van der Waals surface area contributed by atoms with Gasteiger partial charge < -0.3 is 19.7 Å². The lowest BCUT2D eigenvalue weighted by atomic mass is 10.1. The van der Waals surface area contributed by atoms with Gasteiger partial charge in [-0.1, -0.05) is 48.5 Å². The third-order valence-electron chi connectivity index (χ3n) is 5.16. The SMILES string of the molecule is COc1cc(NC(=O)COc2ccccc2-c2ccccc2)ccc1N1CCCC1=O. The first kappa shape index (κ1) is 20.5. The summed E-state index contributed by atoms with van der Waals surface area (Å²) in [6, 6.07) is 22.8. The average Bonchev–Trinajstić information content (AvgIpc) is 3.24. The van der Waals surface area contributed by atoms with Crippen molar-refractivity contribution in [1.29, 1.82) is 0 Å². The zero-order valence-corrected chi connectivity index (χ0v) is 17.3. The molecule has 1 aliphatic rings. The summed E-state index contributed by atoms with van der Waals surface area (Å²) in [6.07, 6.45) is 1.38. The van der Waals surface area contributed by atoms with E-state index in [1.165, 1.54) is 0 Å². The molecule has 1 aliphatic heterocycles. The van der Waals surface area contributed by atoms with Gasteiger partial charge in [-0.2, -0.15) is 0 Å². The fourth-order valence-corrected chi connectivity index (χ4v) is 3.67. The highest BCUT2D eigenvalue weighted by Crippen LogP contribution is 2.34. The standard InChI is InChI=1S/C25H24N2O4/c1-30-23-16-19(13-14-21(23)27-15-7-12-25(27)29)26-24(28)17-31-22-11-6-5-10-20(22)18-8-3-2-4-9-18/h2-6,8-11,13-14,16H,7,12,15,17H2,1H3,(H,26,28). The predicted octanol–water partition coefficient (Wildman–Crippen LogP) is 4.51. The highest BCUT2D eigenvalue weighted by Gasteiger charge is 2.24. The Labute approximate surface area is 181 Å². The van der Waals surface area contributed by atoms with Gasteiger partial charge in [0.25, 0.3) is 5.91 Å². The van der Waals surface area contributed by atoms with Crippen LogP contribution in [-0.4, -0.2) is 32.1 Å². The van der Waals surface area contributed by atoms with E-state index in [2.05, 4.69) is 5.32 Å². The number of anilines is 2. The molecule has 0 atom stereocenters. The number of para-hydroxylation sites is 1. The van der Waals surface area contributed by atoms with Crippen molar-refractivity contribution in [1.82, 2.24) is 0 Å². The summed E-state index contributed by atoms with van der Waals surface area (Å²) < 4.78 is 11.3. The van der Waals surface area contributed by atoms with Gasteiger partial charge in [-0.05, 0) is 30.2 Å². The zero-order valence-electron chi connectivity index (χ0n) is 17.3. The van der Waals surface area contributed by atoms with Crippen LogP contribution in [0.1, 0.15) is 12.8 Å². The van der Waals surface area contributed by atoms with Crippen LogP contribution >= 0.6 is 0 Å². The van der Waals surface area contributed by atoms with Gasteiger partial charge in [0.15, 0.2) is 6.61 Å². The molecule has 0 bridgehead atoms. The molecule has 6 heteroatoms. The largest absolute Gasteiger partial charge is 0.494 e. The first-order valence-electron chi connectivity index (χ1n) is 10.2. The minimum atomic E-state index is -0.282. The molecule has 3 aromatic rings. The van der Waals surface area contributed by atoms with Gasteiger partial charge in [-0.25, -0.2) is 0 Å². The number of nitrogens with one attached hydrogen (secondary N) is 1. The van der Waals surface area contributed by atoms with Crippen LogP contribution in [0.5, 0.6) is 11.5 Å². The van der Waals surface area contributed by atoms with Gasteiger partial charge in [-0.3, -0.25) is 9.59 Å². The van der Waals surface area contributed by atoms with Crippen molar-refractivity contribution in [2.45, 2.75) is 12.8 Å². The van der Waals surface area contributed by atoms with E-state index >= 15 is 0 Å². The van der Waals surface area contributed by atoms with Crippen LogP contribution in [-0.2, 0) is 9.59 Å². The molecule has 0 radical (unpaired) electrons. The Bertz CT molecular complexity index is 1080. The molecular weight excluding hydrogens is 392 g/mol. The summed E-state index contributed by atoms with van der Waals surface area (Å²) in [5.41, 5.74) is 3.25. The van der Waals surface area contributed by atoms with E-state index in [0.29, 0.717) is 30.2 Å². The highest BCUT2D eigenvalue weighted by molar-refractivity contribution is 5.98. The summed E-state index contributed by atoms with van der Waals surface area (Å²) in [5, 5.41) is 2.83. The Morgan fingerprint density at radius 1 is 1.00 bits per heavy atom. The fourth-order valence-electron chi connectivity index (χ4n) is 3.67. The second-order valence-electron chi connectivity index (χ2n) is 7.23. The summed E-state index contributed by atoms with van der Waals surface area (Å²) in [6.45, 7) is 0.550. The Kier molecular flexibility index (Phi) is 6.17. The Balaban J connectivity index is 1.43. The molecule has 158 valence electrons. The van der Waals surface area contributed by atoms with Crippen LogP contribution in [0.2, 0.25) is 0 Å². The number of ether oxygens (including phenoxy) is 2. The fraction of sp³-hybridized carbons (Fsp3) is 0.200. The number of amides is 2. The Hall–Kier alpha value is -3.80. The maximum atomic E-state index is 12.5. The molecule has 1 heterocycles. The molecule has 1 saturated heterocycles. The van der Waals surface area contributed by atoms with Crippen molar-refractivity contribution in [2.24, 2.45) is 0 Å². The summed E-state index contributed by atoms with van der Waals surface area (Å²) in [7, 11) is 1.55. The van der Waals surface area contributed by atoms with Crippen molar-refractivity contribution < 1.29 is 19.1 Å². The van der Waals surface area contributed by atoms with Crippen molar-refractivity contribution in [3.63, 3.8) is 0 Å². The number of methoxy groups -OCH3 is 1. The molecule has 31 heavy (non-hydrogen) atoms. The Morgan fingerprint density at radius 2 is 1.77 bits per heavy atom. The molecule has 0 saturated carbocycles. The van der Waals surface area contributed by atoms with Crippen LogP contribution in [0.25, 0.3) is 11.1 Å². The number of hydrogen-bond acceptors (Lipinski definition) is 4. The van der Waals surface area contributed by atoms with Crippen molar-refractivity contribution in [3.05, 3.63) is 72.8 Å². The number of rotatable bonds is 7. The van der Waals surface area contributed by atoms with Gasteiger partial charge in [-0.15, -0.1) is 0 Å². The number of carbonyl (C=O) groups excluding carboxylic acids is 2. The molecule has 3 aromatic carbocycles. The quantitative estimate of drug-likeness (QED) is 0.616.